The Bertz CT molecular complexity index is 803. The van der Waals surface area contributed by atoms with Gasteiger partial charge in [-0.15, -0.1) is 15.3 Å². The van der Waals surface area contributed by atoms with Gasteiger partial charge in [-0.2, -0.15) is 17.7 Å². The topological polar surface area (TPSA) is 98.6 Å². The molecule has 0 aromatic carbocycles. The summed E-state index contributed by atoms with van der Waals surface area (Å²) in [5, 5.41) is 10.9. The predicted molar refractivity (Wildman–Crippen MR) is 76.4 cm³/mol. The minimum atomic E-state index is -4.67. The number of aromatic nitrogens is 4. The van der Waals surface area contributed by atoms with Gasteiger partial charge in [0, 0.05) is 17.7 Å². The van der Waals surface area contributed by atoms with Gasteiger partial charge in [-0.1, -0.05) is 0 Å². The number of fused-ring (bicyclic) bond motifs is 1. The van der Waals surface area contributed by atoms with Crippen molar-refractivity contribution in [3.8, 4) is 0 Å². The van der Waals surface area contributed by atoms with Crippen LogP contribution in [0.2, 0.25) is 0 Å². The van der Waals surface area contributed by atoms with E-state index in [0.29, 0.717) is 28.0 Å². The highest BCUT2D eigenvalue weighted by molar-refractivity contribution is 5.80. The Kier molecular flexibility index (Phi) is 3.82. The standard InChI is InChI=1S/C13H15F3N6O2/c1-6-7(2)11(21-3-4-24-8(5-21)9(17)23)20-22-10(6)18-19-12(22)13(14,15)16/h8H,3-5H2,1-2H3,(H2,17,23). The van der Waals surface area contributed by atoms with Gasteiger partial charge in [-0.05, 0) is 13.8 Å². The third kappa shape index (κ3) is 2.64. The summed E-state index contributed by atoms with van der Waals surface area (Å²) in [6.07, 6.45) is -5.51. The van der Waals surface area contributed by atoms with Crippen LogP contribution in [0, 0.1) is 13.8 Å². The number of carbonyl (C=O) groups is 1. The van der Waals surface area contributed by atoms with Crippen LogP contribution >= 0.6 is 0 Å². The smallest absolute Gasteiger partial charge is 0.367 e. The Hall–Kier alpha value is -2.43. The number of nitrogens with two attached hydrogens (primary N) is 1. The Morgan fingerprint density at radius 3 is 2.62 bits per heavy atom. The molecule has 0 aliphatic carbocycles. The van der Waals surface area contributed by atoms with Crippen molar-refractivity contribution < 1.29 is 22.7 Å². The summed E-state index contributed by atoms with van der Waals surface area (Å²) in [6, 6.07) is 0. The minimum Gasteiger partial charge on any atom is -0.367 e. The van der Waals surface area contributed by atoms with E-state index >= 15 is 0 Å². The molecule has 0 bridgehead atoms. The summed E-state index contributed by atoms with van der Waals surface area (Å²) in [4.78, 5) is 13.0. The molecule has 1 unspecified atom stereocenters. The van der Waals surface area contributed by atoms with E-state index in [0.717, 1.165) is 0 Å². The second-order valence-corrected chi connectivity index (χ2v) is 5.54. The van der Waals surface area contributed by atoms with Gasteiger partial charge in [0.05, 0.1) is 13.2 Å². The van der Waals surface area contributed by atoms with Crippen LogP contribution in [0.1, 0.15) is 17.0 Å². The van der Waals surface area contributed by atoms with Gasteiger partial charge >= 0.3 is 6.18 Å². The normalized spacial score (nSPS) is 19.0. The number of halogens is 3. The van der Waals surface area contributed by atoms with Gasteiger partial charge in [0.25, 0.3) is 5.82 Å². The molecular formula is C13H15F3N6O2. The lowest BCUT2D eigenvalue weighted by atomic mass is 10.1. The van der Waals surface area contributed by atoms with E-state index in [4.69, 9.17) is 10.5 Å². The van der Waals surface area contributed by atoms with E-state index in [1.165, 1.54) is 0 Å². The summed E-state index contributed by atoms with van der Waals surface area (Å²) in [6.45, 7) is 4.11. The summed E-state index contributed by atoms with van der Waals surface area (Å²) in [5.74, 6) is -1.50. The molecule has 3 rings (SSSR count). The van der Waals surface area contributed by atoms with Crippen LogP contribution in [0.4, 0.5) is 19.0 Å². The van der Waals surface area contributed by atoms with E-state index < -0.39 is 24.0 Å². The number of morpholine rings is 1. The van der Waals surface area contributed by atoms with E-state index in [-0.39, 0.29) is 18.8 Å². The molecule has 1 fully saturated rings. The highest BCUT2D eigenvalue weighted by Gasteiger charge is 2.38. The summed E-state index contributed by atoms with van der Waals surface area (Å²) in [7, 11) is 0. The number of anilines is 1. The van der Waals surface area contributed by atoms with Crippen molar-refractivity contribution in [1.29, 1.82) is 0 Å². The van der Waals surface area contributed by atoms with Crippen molar-refractivity contribution in [3.05, 3.63) is 17.0 Å². The van der Waals surface area contributed by atoms with Gasteiger partial charge in [-0.25, -0.2) is 0 Å². The molecule has 0 radical (unpaired) electrons. The molecule has 1 amide bonds. The number of hydrogen-bond acceptors (Lipinski definition) is 6. The second kappa shape index (κ2) is 5.58. The van der Waals surface area contributed by atoms with E-state index in [1.54, 1.807) is 18.7 Å². The van der Waals surface area contributed by atoms with E-state index in [9.17, 15) is 18.0 Å². The van der Waals surface area contributed by atoms with Crippen LogP contribution in [0.25, 0.3) is 5.65 Å². The Labute approximate surface area is 134 Å². The molecule has 2 aromatic heterocycles. The molecule has 24 heavy (non-hydrogen) atoms. The van der Waals surface area contributed by atoms with Gasteiger partial charge in [0.15, 0.2) is 17.6 Å². The van der Waals surface area contributed by atoms with E-state index in [1.807, 2.05) is 0 Å². The number of carbonyl (C=O) groups excluding carboxylic acids is 1. The maximum absolute atomic E-state index is 13.1. The Morgan fingerprint density at radius 2 is 2.00 bits per heavy atom. The van der Waals surface area contributed by atoms with Crippen LogP contribution in [-0.2, 0) is 15.7 Å². The molecule has 0 saturated carbocycles. The maximum atomic E-state index is 13.1. The summed E-state index contributed by atoms with van der Waals surface area (Å²) in [5.41, 5.74) is 6.48. The lowest BCUT2D eigenvalue weighted by Crippen LogP contribution is -2.49. The molecule has 2 aromatic rings. The molecule has 3 heterocycles. The predicted octanol–water partition coefficient (Wildman–Crippen LogP) is 0.450. The molecule has 1 saturated heterocycles. The SMILES string of the molecule is Cc1c(N2CCOC(C(N)=O)C2)nn2c(C(F)(F)F)nnc2c1C. The molecule has 1 atom stereocenters. The number of primary amides is 1. The Balaban J connectivity index is 2.11. The van der Waals surface area contributed by atoms with Crippen molar-refractivity contribution in [2.24, 2.45) is 5.73 Å². The molecule has 11 heteroatoms. The van der Waals surface area contributed by atoms with Gasteiger partial charge in [-0.3, -0.25) is 4.79 Å². The molecule has 2 N–H and O–H groups in total. The minimum absolute atomic E-state index is 0.0447. The zero-order valence-electron chi connectivity index (χ0n) is 13.0. The summed E-state index contributed by atoms with van der Waals surface area (Å²) < 4.78 is 45.1. The molecule has 130 valence electrons. The van der Waals surface area contributed by atoms with Crippen LogP contribution in [0.3, 0.4) is 0 Å². The number of ether oxygens (including phenoxy) is 1. The first-order valence-corrected chi connectivity index (χ1v) is 7.16. The zero-order valence-corrected chi connectivity index (χ0v) is 13.0. The summed E-state index contributed by atoms with van der Waals surface area (Å²) >= 11 is 0. The van der Waals surface area contributed by atoms with Crippen molar-refractivity contribution in [1.82, 2.24) is 19.8 Å². The van der Waals surface area contributed by atoms with Crippen LogP contribution in [0.5, 0.6) is 0 Å². The highest BCUT2D eigenvalue weighted by Crippen LogP contribution is 2.31. The van der Waals surface area contributed by atoms with Crippen molar-refractivity contribution >= 4 is 17.4 Å². The van der Waals surface area contributed by atoms with Crippen molar-refractivity contribution in [2.75, 3.05) is 24.6 Å². The number of alkyl halides is 3. The number of amides is 1. The van der Waals surface area contributed by atoms with Crippen LogP contribution in [-0.4, -0.2) is 51.5 Å². The van der Waals surface area contributed by atoms with Crippen molar-refractivity contribution in [3.63, 3.8) is 0 Å². The van der Waals surface area contributed by atoms with Gasteiger partial charge in [0.1, 0.15) is 0 Å². The number of rotatable bonds is 2. The van der Waals surface area contributed by atoms with Crippen LogP contribution in [0.15, 0.2) is 0 Å². The first-order valence-electron chi connectivity index (χ1n) is 7.16. The zero-order chi connectivity index (χ0) is 17.6. The Morgan fingerprint density at radius 1 is 1.29 bits per heavy atom. The quantitative estimate of drug-likeness (QED) is 0.849. The van der Waals surface area contributed by atoms with Crippen LogP contribution < -0.4 is 10.6 Å². The average Bonchev–Trinajstić information content (AvgIpc) is 2.95. The fourth-order valence-electron chi connectivity index (χ4n) is 2.60. The molecule has 0 spiro atoms. The lowest BCUT2D eigenvalue weighted by molar-refractivity contribution is -0.146. The fraction of sp³-hybridized carbons (Fsp3) is 0.538. The first-order chi connectivity index (χ1) is 11.2. The lowest BCUT2D eigenvalue weighted by Gasteiger charge is -2.33. The number of aryl methyl sites for hydroxylation is 1. The molecule has 8 nitrogen and oxygen atoms in total. The van der Waals surface area contributed by atoms with E-state index in [2.05, 4.69) is 15.3 Å². The van der Waals surface area contributed by atoms with Gasteiger partial charge in [0.2, 0.25) is 5.91 Å². The second-order valence-electron chi connectivity index (χ2n) is 5.54. The number of hydrogen-bond donors (Lipinski definition) is 1. The van der Waals surface area contributed by atoms with Crippen molar-refractivity contribution in [2.45, 2.75) is 26.1 Å². The average molecular weight is 344 g/mol. The fourth-order valence-corrected chi connectivity index (χ4v) is 2.60. The highest BCUT2D eigenvalue weighted by atomic mass is 19.4. The largest absolute Gasteiger partial charge is 0.453 e. The maximum Gasteiger partial charge on any atom is 0.453 e. The molecular weight excluding hydrogens is 329 g/mol. The van der Waals surface area contributed by atoms with Gasteiger partial charge < -0.3 is 15.4 Å². The number of nitrogens with zero attached hydrogens (tertiary/aromatic N) is 5. The monoisotopic (exact) mass is 344 g/mol. The molecule has 1 aliphatic rings. The third-order valence-electron chi connectivity index (χ3n) is 4.01. The molecule has 1 aliphatic heterocycles. The first kappa shape index (κ1) is 16.4. The third-order valence-corrected chi connectivity index (χ3v) is 4.01.